The number of anilines is 1. The fourth-order valence-corrected chi connectivity index (χ4v) is 1.21. The van der Waals surface area contributed by atoms with E-state index < -0.39 is 0 Å². The first kappa shape index (κ1) is 7.24. The van der Waals surface area contributed by atoms with Crippen LogP contribution in [0, 0.1) is 0 Å². The molecule has 0 fully saturated rings. The van der Waals surface area contributed by atoms with Crippen LogP contribution < -0.4 is 11.1 Å². The normalized spacial score (nSPS) is 9.30. The zero-order valence-electron chi connectivity index (χ0n) is 5.50. The lowest BCUT2D eigenvalue weighted by molar-refractivity contribution is 1.11. The molecule has 4 heteroatoms. The quantitative estimate of drug-likeness (QED) is 0.688. The summed E-state index contributed by atoms with van der Waals surface area (Å²) < 4.78 is 3.96. The van der Waals surface area contributed by atoms with E-state index in [2.05, 4.69) is 16.3 Å². The Morgan fingerprint density at radius 1 is 1.90 bits per heavy atom. The standard InChI is InChI=1S/C6H9N3S/c1-2-8-5-4-9-10-6(5)3-7/h2,4,8H,1,3,7H2. The van der Waals surface area contributed by atoms with Crippen LogP contribution >= 0.6 is 11.5 Å². The molecule has 0 radical (unpaired) electrons. The van der Waals surface area contributed by atoms with Crippen molar-refractivity contribution in [1.29, 1.82) is 0 Å². The smallest absolute Gasteiger partial charge is 0.0738 e. The van der Waals surface area contributed by atoms with E-state index in [0.717, 1.165) is 10.6 Å². The van der Waals surface area contributed by atoms with Crippen molar-refractivity contribution in [3.05, 3.63) is 23.9 Å². The highest BCUT2D eigenvalue weighted by Gasteiger charge is 1.99. The zero-order valence-corrected chi connectivity index (χ0v) is 6.32. The molecule has 0 aromatic carbocycles. The van der Waals surface area contributed by atoms with E-state index in [0.29, 0.717) is 6.54 Å². The third-order valence-electron chi connectivity index (χ3n) is 1.09. The summed E-state index contributed by atoms with van der Waals surface area (Å²) in [5, 5.41) is 2.94. The Morgan fingerprint density at radius 3 is 3.30 bits per heavy atom. The Balaban J connectivity index is 2.79. The first-order valence-corrected chi connectivity index (χ1v) is 3.67. The molecule has 0 bridgehead atoms. The molecule has 54 valence electrons. The molecule has 0 unspecified atom stereocenters. The number of nitrogens with two attached hydrogens (primary N) is 1. The lowest BCUT2D eigenvalue weighted by atomic mass is 10.4. The number of hydrogen-bond donors (Lipinski definition) is 2. The number of nitrogens with zero attached hydrogens (tertiary/aromatic N) is 1. The van der Waals surface area contributed by atoms with Gasteiger partial charge in [-0.25, -0.2) is 0 Å². The third kappa shape index (κ3) is 1.34. The molecule has 0 saturated carbocycles. The Labute approximate surface area is 63.7 Å². The monoisotopic (exact) mass is 155 g/mol. The highest BCUT2D eigenvalue weighted by atomic mass is 32.1. The van der Waals surface area contributed by atoms with Crippen LogP contribution in [-0.2, 0) is 6.54 Å². The summed E-state index contributed by atoms with van der Waals surface area (Å²) in [5.74, 6) is 0. The van der Waals surface area contributed by atoms with E-state index in [1.165, 1.54) is 11.5 Å². The van der Waals surface area contributed by atoms with E-state index in [9.17, 15) is 0 Å². The summed E-state index contributed by atoms with van der Waals surface area (Å²) in [7, 11) is 0. The van der Waals surface area contributed by atoms with E-state index in [1.54, 1.807) is 12.4 Å². The van der Waals surface area contributed by atoms with Crippen molar-refractivity contribution in [2.75, 3.05) is 5.32 Å². The van der Waals surface area contributed by atoms with Gasteiger partial charge in [0.05, 0.1) is 16.8 Å². The second-order valence-electron chi connectivity index (χ2n) is 1.72. The summed E-state index contributed by atoms with van der Waals surface area (Å²) >= 11 is 1.40. The molecule has 0 aliphatic carbocycles. The highest BCUT2D eigenvalue weighted by molar-refractivity contribution is 7.06. The molecule has 0 amide bonds. The molecule has 10 heavy (non-hydrogen) atoms. The second-order valence-corrected chi connectivity index (χ2v) is 2.60. The third-order valence-corrected chi connectivity index (χ3v) is 1.91. The zero-order chi connectivity index (χ0) is 7.40. The van der Waals surface area contributed by atoms with E-state index in [-0.39, 0.29) is 0 Å². The summed E-state index contributed by atoms with van der Waals surface area (Å²) in [5.41, 5.74) is 6.38. The SMILES string of the molecule is C=CNc1cnsc1CN. The van der Waals surface area contributed by atoms with E-state index in [4.69, 9.17) is 5.73 Å². The van der Waals surface area contributed by atoms with Gasteiger partial charge in [-0.3, -0.25) is 0 Å². The van der Waals surface area contributed by atoms with Crippen molar-refractivity contribution in [3.8, 4) is 0 Å². The summed E-state index contributed by atoms with van der Waals surface area (Å²) in [6.07, 6.45) is 3.36. The van der Waals surface area contributed by atoms with E-state index >= 15 is 0 Å². The first-order chi connectivity index (χ1) is 4.88. The van der Waals surface area contributed by atoms with Crippen molar-refractivity contribution in [1.82, 2.24) is 4.37 Å². The molecule has 0 spiro atoms. The first-order valence-electron chi connectivity index (χ1n) is 2.89. The van der Waals surface area contributed by atoms with Crippen LogP contribution in [0.25, 0.3) is 0 Å². The van der Waals surface area contributed by atoms with Gasteiger partial charge in [0.15, 0.2) is 0 Å². The average molecular weight is 155 g/mol. The Hall–Kier alpha value is -0.870. The Kier molecular flexibility index (Phi) is 2.42. The molecule has 1 aromatic rings. The van der Waals surface area contributed by atoms with Crippen LogP contribution in [0.2, 0.25) is 0 Å². The van der Waals surface area contributed by atoms with Gasteiger partial charge in [0, 0.05) is 6.54 Å². The molecule has 1 aromatic heterocycles. The summed E-state index contributed by atoms with van der Waals surface area (Å²) in [6.45, 7) is 4.06. The maximum atomic E-state index is 5.42. The van der Waals surface area contributed by atoms with Crippen LogP contribution in [0.5, 0.6) is 0 Å². The summed E-state index contributed by atoms with van der Waals surface area (Å²) in [4.78, 5) is 1.06. The number of rotatable bonds is 3. The predicted molar refractivity (Wildman–Crippen MR) is 43.8 cm³/mol. The van der Waals surface area contributed by atoms with Gasteiger partial charge in [-0.2, -0.15) is 4.37 Å². The lowest BCUT2D eigenvalue weighted by Gasteiger charge is -1.96. The van der Waals surface area contributed by atoms with Crippen LogP contribution in [0.15, 0.2) is 19.0 Å². The largest absolute Gasteiger partial charge is 0.360 e. The maximum Gasteiger partial charge on any atom is 0.0738 e. The number of nitrogens with one attached hydrogen (secondary N) is 1. The van der Waals surface area contributed by atoms with Gasteiger partial charge in [0.1, 0.15) is 0 Å². The van der Waals surface area contributed by atoms with Crippen molar-refractivity contribution in [3.63, 3.8) is 0 Å². The Bertz CT molecular complexity index is 219. The van der Waals surface area contributed by atoms with Gasteiger partial charge in [0.2, 0.25) is 0 Å². The van der Waals surface area contributed by atoms with Crippen molar-refractivity contribution in [2.24, 2.45) is 5.73 Å². The second kappa shape index (κ2) is 3.34. The lowest BCUT2D eigenvalue weighted by Crippen LogP contribution is -1.96. The molecule has 1 rings (SSSR count). The van der Waals surface area contributed by atoms with Crippen LogP contribution in [0.3, 0.4) is 0 Å². The topological polar surface area (TPSA) is 50.9 Å². The van der Waals surface area contributed by atoms with Crippen LogP contribution in [0.1, 0.15) is 4.88 Å². The molecule has 0 atom stereocenters. The Morgan fingerprint density at radius 2 is 2.70 bits per heavy atom. The van der Waals surface area contributed by atoms with Crippen molar-refractivity contribution in [2.45, 2.75) is 6.54 Å². The van der Waals surface area contributed by atoms with Gasteiger partial charge in [-0.15, -0.1) is 0 Å². The fraction of sp³-hybridized carbons (Fsp3) is 0.167. The minimum atomic E-state index is 0.529. The number of hydrogen-bond acceptors (Lipinski definition) is 4. The van der Waals surface area contributed by atoms with Gasteiger partial charge in [-0.1, -0.05) is 6.58 Å². The number of aromatic nitrogens is 1. The van der Waals surface area contributed by atoms with Gasteiger partial charge >= 0.3 is 0 Å². The van der Waals surface area contributed by atoms with Crippen molar-refractivity contribution >= 4 is 17.2 Å². The van der Waals surface area contributed by atoms with Crippen molar-refractivity contribution < 1.29 is 0 Å². The van der Waals surface area contributed by atoms with Crippen LogP contribution in [-0.4, -0.2) is 4.37 Å². The molecule has 3 nitrogen and oxygen atoms in total. The predicted octanol–water partition coefficient (Wildman–Crippen LogP) is 1.16. The van der Waals surface area contributed by atoms with Gasteiger partial charge in [0.25, 0.3) is 0 Å². The average Bonchev–Trinajstić information content (AvgIpc) is 2.36. The highest BCUT2D eigenvalue weighted by Crippen LogP contribution is 2.17. The molecule has 3 N–H and O–H groups in total. The van der Waals surface area contributed by atoms with E-state index in [1.807, 2.05) is 0 Å². The van der Waals surface area contributed by atoms with Gasteiger partial charge in [-0.05, 0) is 17.7 Å². The molecule has 0 aliphatic heterocycles. The molecular formula is C6H9N3S. The van der Waals surface area contributed by atoms with Gasteiger partial charge < -0.3 is 11.1 Å². The minimum absolute atomic E-state index is 0.529. The summed E-state index contributed by atoms with van der Waals surface area (Å²) in [6, 6.07) is 0. The van der Waals surface area contributed by atoms with Crippen LogP contribution in [0.4, 0.5) is 5.69 Å². The molecule has 0 aliphatic rings. The molecular weight excluding hydrogens is 146 g/mol. The fourth-order valence-electron chi connectivity index (χ4n) is 0.639. The minimum Gasteiger partial charge on any atom is -0.360 e. The molecule has 1 heterocycles. The maximum absolute atomic E-state index is 5.42. The molecule has 0 saturated heterocycles.